The van der Waals surface area contributed by atoms with Crippen LogP contribution in [0, 0.1) is 5.53 Å². The van der Waals surface area contributed by atoms with E-state index in [4.69, 9.17) is 10.3 Å². The summed E-state index contributed by atoms with van der Waals surface area (Å²) in [6, 6.07) is 11.4. The summed E-state index contributed by atoms with van der Waals surface area (Å²) >= 11 is 0. The Bertz CT molecular complexity index is 2230. The number of H-pyrrole nitrogens is 1. The predicted molar refractivity (Wildman–Crippen MR) is 220 cm³/mol. The largest absolute Gasteiger partial charge is 0.502 e. The van der Waals surface area contributed by atoms with Crippen molar-refractivity contribution in [2.45, 2.75) is 93.9 Å². The van der Waals surface area contributed by atoms with E-state index in [0.717, 1.165) is 0 Å². The Morgan fingerprint density at radius 1 is 0.905 bits per heavy atom. The third kappa shape index (κ3) is 10.7. The standard InChI is InChI=1S/C43H50N10O10/c1-25-34(48-39(58)36-33(55)16-9-19-45-36)38(57)47-29(17-20-46-50-44)40(59)52-21-10-15-30(52)41(60)51(2)32(23-26-11-5-3-6-12-26)42(61)53-22-18-28(54)24-31(53)37(56)49-35(43(62)63-25)27-13-7-4-8-14-27/h3-9,11-14,16,19,25,28-32,34-35,44,54H,10,15,17-18,20-24H2,1-2H3,(H3-,47,48,49,55,56,57,58)/p+2/t25-,28-,29-,30+,31+,32+,34+,35+/m1/s1. The Kier molecular flexibility index (Phi) is 14.9. The smallest absolute Gasteiger partial charge is 0.333 e. The van der Waals surface area contributed by atoms with E-state index in [1.807, 2.05) is 0 Å². The number of benzene rings is 2. The van der Waals surface area contributed by atoms with Crippen LogP contribution in [0.4, 0.5) is 0 Å². The van der Waals surface area contributed by atoms with Crippen molar-refractivity contribution in [1.82, 2.24) is 35.6 Å². The first-order valence-electron chi connectivity index (χ1n) is 20.8. The molecule has 0 spiro atoms. The number of hydrogen-bond donors (Lipinski definition) is 6. The van der Waals surface area contributed by atoms with Crippen LogP contribution in [-0.2, 0) is 39.9 Å². The molecule has 3 aliphatic heterocycles. The van der Waals surface area contributed by atoms with Crippen molar-refractivity contribution in [3.63, 3.8) is 0 Å². The molecule has 6 rings (SSSR count). The Hall–Kier alpha value is -7.05. The molecule has 2 aromatic carbocycles. The van der Waals surface area contributed by atoms with Crippen LogP contribution in [0.5, 0.6) is 5.75 Å². The molecule has 7 N–H and O–H groups in total. The highest BCUT2D eigenvalue weighted by Crippen LogP contribution is 2.27. The minimum Gasteiger partial charge on any atom is -0.502 e. The molecule has 8 atom stereocenters. The maximum Gasteiger partial charge on any atom is 0.333 e. The first-order valence-corrected chi connectivity index (χ1v) is 20.8. The number of cyclic esters (lactones) is 1. The number of nitrogens with one attached hydrogen (secondary N) is 5. The second-order valence-corrected chi connectivity index (χ2v) is 15.8. The number of esters is 1. The van der Waals surface area contributed by atoms with Gasteiger partial charge in [-0.15, -0.1) is 0 Å². The molecule has 0 saturated carbocycles. The van der Waals surface area contributed by atoms with Gasteiger partial charge in [0.25, 0.3) is 0 Å². The molecule has 3 fully saturated rings. The number of carbonyl (C=O) groups excluding carboxylic acids is 7. The number of aromatic nitrogens is 1. The summed E-state index contributed by atoms with van der Waals surface area (Å²) < 4.78 is 5.86. The van der Waals surface area contributed by atoms with E-state index >= 15 is 0 Å². The van der Waals surface area contributed by atoms with Crippen LogP contribution in [0.15, 0.2) is 84.1 Å². The molecule has 63 heavy (non-hydrogen) atoms. The van der Waals surface area contributed by atoms with E-state index in [9.17, 15) is 43.8 Å². The number of aliphatic hydroxyl groups is 1. The SMILES string of the molecule is C[C@H]1OC(=O)[C@H](c2ccccc2)NC(=O)[C@@H]2C[C@H](O)CCN2C(=O)[C@H](Cc2ccccc2)N(C)C(=O)[C@@H]2CCCN2C(=O)[C@@H](CCN=[N+]=N)NC(=O)[C@H]1NC(=O)c1[nH+]cccc1O. The van der Waals surface area contributed by atoms with Crippen molar-refractivity contribution < 1.29 is 53.5 Å². The van der Waals surface area contributed by atoms with Crippen LogP contribution < -0.4 is 25.8 Å². The number of hydrogen-bond acceptors (Lipinski definition) is 12. The Morgan fingerprint density at radius 3 is 2.30 bits per heavy atom. The molecular formula is C43H52N10O10+2. The molecule has 0 aliphatic carbocycles. The molecule has 4 heterocycles. The fraction of sp³-hybridized carbons (Fsp3) is 0.442. The number of piperidine rings is 1. The minimum absolute atomic E-state index is 0.0370. The van der Waals surface area contributed by atoms with Crippen molar-refractivity contribution in [3.05, 3.63) is 95.8 Å². The normalized spacial score (nSPS) is 26.4. The van der Waals surface area contributed by atoms with Crippen molar-refractivity contribution in [2.24, 2.45) is 5.11 Å². The molecule has 6 amide bonds. The molecule has 3 aromatic rings. The van der Waals surface area contributed by atoms with Crippen molar-refractivity contribution in [1.29, 1.82) is 5.53 Å². The first kappa shape index (κ1) is 45.5. The van der Waals surface area contributed by atoms with Crippen LogP contribution in [0.1, 0.15) is 66.7 Å². The number of rotatable bonds is 8. The summed E-state index contributed by atoms with van der Waals surface area (Å²) in [6.07, 6.45) is -0.728. The highest BCUT2D eigenvalue weighted by molar-refractivity contribution is 5.99. The highest BCUT2D eigenvalue weighted by Gasteiger charge is 2.46. The van der Waals surface area contributed by atoms with Crippen LogP contribution in [-0.4, -0.2) is 135 Å². The van der Waals surface area contributed by atoms with Gasteiger partial charge in [0, 0.05) is 45.5 Å². The van der Waals surface area contributed by atoms with E-state index in [1.54, 1.807) is 60.7 Å². The van der Waals surface area contributed by atoms with Gasteiger partial charge in [-0.05, 0) is 43.4 Å². The highest BCUT2D eigenvalue weighted by atomic mass is 16.5. The lowest BCUT2D eigenvalue weighted by molar-refractivity contribution is -0.383. The summed E-state index contributed by atoms with van der Waals surface area (Å²) in [4.78, 5) is 110. The van der Waals surface area contributed by atoms with Gasteiger partial charge in [0.1, 0.15) is 53.5 Å². The lowest BCUT2D eigenvalue weighted by atomic mass is 9.95. The molecular weight excluding hydrogens is 817 g/mol. The van der Waals surface area contributed by atoms with E-state index in [1.165, 1.54) is 47.0 Å². The van der Waals surface area contributed by atoms with E-state index in [2.05, 4.69) is 31.0 Å². The van der Waals surface area contributed by atoms with Gasteiger partial charge in [0.15, 0.2) is 18.0 Å². The van der Waals surface area contributed by atoms with Gasteiger partial charge >= 0.3 is 17.6 Å². The zero-order chi connectivity index (χ0) is 45.2. The van der Waals surface area contributed by atoms with Crippen LogP contribution in [0.3, 0.4) is 0 Å². The van der Waals surface area contributed by atoms with Crippen molar-refractivity contribution in [3.8, 4) is 5.75 Å². The van der Waals surface area contributed by atoms with Crippen LogP contribution in [0.2, 0.25) is 0 Å². The van der Waals surface area contributed by atoms with Gasteiger partial charge in [0.2, 0.25) is 34.4 Å². The molecule has 20 nitrogen and oxygen atoms in total. The summed E-state index contributed by atoms with van der Waals surface area (Å²) in [6.45, 7) is 1.16. The molecule has 332 valence electrons. The second kappa shape index (κ2) is 20.7. The topological polar surface area (TPSA) is 279 Å². The number of fused-ring (bicyclic) bond motifs is 2. The summed E-state index contributed by atoms with van der Waals surface area (Å²) in [5, 5.41) is 32.8. The first-order chi connectivity index (χ1) is 30.3. The lowest BCUT2D eigenvalue weighted by Gasteiger charge is -2.41. The number of aromatic amines is 1. The van der Waals surface area contributed by atoms with E-state index in [0.29, 0.717) is 12.0 Å². The van der Waals surface area contributed by atoms with Crippen molar-refractivity contribution in [2.75, 3.05) is 26.7 Å². The number of nitrogens with zero attached hydrogens (tertiary/aromatic N) is 5. The Morgan fingerprint density at radius 2 is 1.60 bits per heavy atom. The molecule has 20 heteroatoms. The third-order valence-electron chi connectivity index (χ3n) is 11.6. The van der Waals surface area contributed by atoms with Crippen LogP contribution >= 0.6 is 0 Å². The fourth-order valence-electron chi connectivity index (χ4n) is 8.21. The number of amides is 6. The van der Waals surface area contributed by atoms with E-state index in [-0.39, 0.29) is 63.0 Å². The average molecular weight is 869 g/mol. The quantitative estimate of drug-likeness (QED) is 0.0997. The molecule has 0 unspecified atom stereocenters. The molecule has 3 aliphatic rings. The van der Waals surface area contributed by atoms with E-state index < -0.39 is 95.6 Å². The zero-order valence-electron chi connectivity index (χ0n) is 34.9. The third-order valence-corrected chi connectivity index (χ3v) is 11.6. The van der Waals surface area contributed by atoms with Gasteiger partial charge in [-0.1, -0.05) is 60.7 Å². The van der Waals surface area contributed by atoms with Gasteiger partial charge in [-0.2, -0.15) is 0 Å². The number of aliphatic hydroxyl groups excluding tert-OH is 1. The van der Waals surface area contributed by atoms with Gasteiger partial charge < -0.3 is 45.6 Å². The number of ether oxygens (including phenoxy) is 1. The van der Waals surface area contributed by atoms with Gasteiger partial charge in [-0.25, -0.2) is 9.78 Å². The fourth-order valence-corrected chi connectivity index (χ4v) is 8.21. The lowest BCUT2D eigenvalue weighted by Crippen LogP contribution is -2.62. The number of aromatic hydroxyl groups is 1. The average Bonchev–Trinajstić information content (AvgIpc) is 3.78. The van der Waals surface area contributed by atoms with Crippen LogP contribution in [0.25, 0.3) is 0 Å². The predicted octanol–water partition coefficient (Wildman–Crippen LogP) is -0.0546. The maximum absolute atomic E-state index is 14.9. The second-order valence-electron chi connectivity index (χ2n) is 15.8. The molecule has 0 bridgehead atoms. The van der Waals surface area contributed by atoms with Gasteiger partial charge in [0.05, 0.1) is 6.10 Å². The minimum atomic E-state index is -1.74. The zero-order valence-corrected chi connectivity index (χ0v) is 34.9. The number of carbonyl (C=O) groups is 7. The summed E-state index contributed by atoms with van der Waals surface area (Å²) in [5.74, 6) is -6.15. The maximum atomic E-state index is 14.9. The molecule has 3 saturated heterocycles. The van der Waals surface area contributed by atoms with Gasteiger partial charge in [-0.3, -0.25) is 28.8 Å². The summed E-state index contributed by atoms with van der Waals surface area (Å²) in [5.41, 5.74) is 7.81. The molecule has 0 radical (unpaired) electrons. The Balaban J connectivity index is 1.45. The molecule has 1 aromatic heterocycles. The Labute approximate surface area is 362 Å². The summed E-state index contributed by atoms with van der Waals surface area (Å²) in [7, 11) is 1.46. The number of likely N-dealkylation sites (N-methyl/N-ethyl adjacent to an activating group) is 1. The van der Waals surface area contributed by atoms with Crippen molar-refractivity contribution >= 4 is 41.4 Å². The number of pyridine rings is 1. The monoisotopic (exact) mass is 868 g/mol.